The summed E-state index contributed by atoms with van der Waals surface area (Å²) in [6.07, 6.45) is 1.01. The van der Waals surface area contributed by atoms with Crippen molar-refractivity contribution >= 4 is 23.9 Å². The average molecular weight is 462 g/mol. The second kappa shape index (κ2) is 11.3. The largest absolute Gasteiger partial charge is 0.465 e. The van der Waals surface area contributed by atoms with Crippen LogP contribution in [0.15, 0.2) is 30.3 Å². The van der Waals surface area contributed by atoms with Gasteiger partial charge in [0.25, 0.3) is 0 Å². The molecular formula is C24H35N3O6. The van der Waals surface area contributed by atoms with Crippen LogP contribution in [0.25, 0.3) is 0 Å². The second-order valence-corrected chi connectivity index (χ2v) is 9.14. The van der Waals surface area contributed by atoms with E-state index in [1.54, 1.807) is 34.6 Å². The number of rotatable bonds is 9. The van der Waals surface area contributed by atoms with Crippen molar-refractivity contribution in [3.05, 3.63) is 35.9 Å². The Balaban J connectivity index is 2.14. The first-order chi connectivity index (χ1) is 15.4. The minimum absolute atomic E-state index is 0.0432. The predicted molar refractivity (Wildman–Crippen MR) is 122 cm³/mol. The molecule has 3 amide bonds. The van der Waals surface area contributed by atoms with Gasteiger partial charge in [-0.25, -0.2) is 14.5 Å². The number of carbonyl (C=O) groups is 4. The molecule has 1 heterocycles. The summed E-state index contributed by atoms with van der Waals surface area (Å²) in [5, 5.41) is 3.00. The molecule has 9 nitrogen and oxygen atoms in total. The number of carbonyl (C=O) groups excluding carboxylic acids is 4. The van der Waals surface area contributed by atoms with E-state index in [1.165, 1.54) is 11.9 Å². The van der Waals surface area contributed by atoms with Crippen LogP contribution in [0.3, 0.4) is 0 Å². The number of esters is 2. The van der Waals surface area contributed by atoms with Crippen molar-refractivity contribution in [3.8, 4) is 0 Å². The Kier molecular flexibility index (Phi) is 8.99. The van der Waals surface area contributed by atoms with Crippen LogP contribution in [0.1, 0.15) is 46.6 Å². The topological polar surface area (TPSA) is 105 Å². The van der Waals surface area contributed by atoms with Gasteiger partial charge in [-0.3, -0.25) is 14.9 Å². The Morgan fingerprint density at radius 2 is 1.82 bits per heavy atom. The van der Waals surface area contributed by atoms with Crippen LogP contribution in [-0.2, 0) is 30.3 Å². The van der Waals surface area contributed by atoms with E-state index >= 15 is 0 Å². The van der Waals surface area contributed by atoms with Gasteiger partial charge in [-0.15, -0.1) is 0 Å². The molecule has 1 aliphatic heterocycles. The fraction of sp³-hybridized carbons (Fsp3) is 0.583. The highest BCUT2D eigenvalue weighted by Gasteiger charge is 2.46. The maximum Gasteiger partial charge on any atom is 0.331 e. The fourth-order valence-electron chi connectivity index (χ4n) is 3.58. The molecule has 1 fully saturated rings. The summed E-state index contributed by atoms with van der Waals surface area (Å²) >= 11 is 0. The van der Waals surface area contributed by atoms with Gasteiger partial charge < -0.3 is 14.4 Å². The van der Waals surface area contributed by atoms with Gasteiger partial charge >= 0.3 is 18.0 Å². The van der Waals surface area contributed by atoms with Crippen molar-refractivity contribution in [3.63, 3.8) is 0 Å². The molecule has 1 aromatic rings. The summed E-state index contributed by atoms with van der Waals surface area (Å²) in [6.45, 7) is 8.69. The fourth-order valence-corrected chi connectivity index (χ4v) is 3.58. The molecule has 0 aromatic heterocycles. The van der Waals surface area contributed by atoms with Gasteiger partial charge in [0.1, 0.15) is 11.6 Å². The first-order valence-corrected chi connectivity index (χ1v) is 11.2. The minimum atomic E-state index is -1.05. The van der Waals surface area contributed by atoms with E-state index < -0.39 is 47.6 Å². The number of ether oxygens (including phenoxy) is 2. The summed E-state index contributed by atoms with van der Waals surface area (Å²) in [4.78, 5) is 53.3. The molecular weight excluding hydrogens is 426 g/mol. The van der Waals surface area contributed by atoms with Crippen molar-refractivity contribution in [1.29, 1.82) is 0 Å². The van der Waals surface area contributed by atoms with Gasteiger partial charge in [-0.1, -0.05) is 30.3 Å². The number of amides is 3. The summed E-state index contributed by atoms with van der Waals surface area (Å²) < 4.78 is 10.6. The quantitative estimate of drug-likeness (QED) is 0.562. The maximum absolute atomic E-state index is 13.2. The highest BCUT2D eigenvalue weighted by atomic mass is 16.6. The van der Waals surface area contributed by atoms with Gasteiger partial charge in [0.2, 0.25) is 5.91 Å². The van der Waals surface area contributed by atoms with Crippen LogP contribution in [0.2, 0.25) is 0 Å². The van der Waals surface area contributed by atoms with E-state index in [2.05, 4.69) is 5.32 Å². The normalized spacial score (nSPS) is 18.1. The molecule has 33 heavy (non-hydrogen) atoms. The predicted octanol–water partition coefficient (Wildman–Crippen LogP) is 2.13. The number of likely N-dealkylation sites (N-methyl/N-ethyl adjacent to an activating group) is 1. The molecule has 0 radical (unpaired) electrons. The molecule has 182 valence electrons. The lowest BCUT2D eigenvalue weighted by Gasteiger charge is -2.28. The number of hydrogen-bond donors (Lipinski definition) is 1. The molecule has 9 heteroatoms. The Bertz CT molecular complexity index is 852. The van der Waals surface area contributed by atoms with Crippen LogP contribution >= 0.6 is 0 Å². The zero-order valence-corrected chi connectivity index (χ0v) is 20.3. The van der Waals surface area contributed by atoms with E-state index in [0.29, 0.717) is 12.8 Å². The Morgan fingerprint density at radius 1 is 1.18 bits per heavy atom. The zero-order chi connectivity index (χ0) is 24.8. The van der Waals surface area contributed by atoms with E-state index in [0.717, 1.165) is 10.5 Å². The first kappa shape index (κ1) is 26.3. The van der Waals surface area contributed by atoms with E-state index in [4.69, 9.17) is 9.47 Å². The molecule has 0 saturated carbocycles. The molecule has 0 aliphatic carbocycles. The van der Waals surface area contributed by atoms with Crippen molar-refractivity contribution in [2.75, 3.05) is 20.2 Å². The summed E-state index contributed by atoms with van der Waals surface area (Å²) in [5.74, 6) is -1.72. The van der Waals surface area contributed by atoms with Gasteiger partial charge in [-0.2, -0.15) is 0 Å². The lowest BCUT2D eigenvalue weighted by molar-refractivity contribution is -0.162. The van der Waals surface area contributed by atoms with Gasteiger partial charge in [0.15, 0.2) is 6.04 Å². The molecule has 0 spiro atoms. The molecule has 1 aliphatic rings. The number of imide groups is 1. The lowest BCUT2D eigenvalue weighted by atomic mass is 10.0. The van der Waals surface area contributed by atoms with Crippen molar-refractivity contribution in [2.45, 2.75) is 71.2 Å². The molecule has 0 bridgehead atoms. The molecule has 1 saturated heterocycles. The standard InChI is InChI=1S/C24H35N3O6/c1-7-32-21(29)18(14-13-17-11-9-8-10-12-17)25-16(2)20(28)27-19(15-26(6)23(27)31)22(30)33-24(3,4)5/h8-12,16,18-19,25H,7,13-15H2,1-6H3/t16?,18?,19-/m0/s1. The molecule has 1 aromatic carbocycles. The number of hydrogen-bond acceptors (Lipinski definition) is 7. The van der Waals surface area contributed by atoms with Crippen molar-refractivity contribution < 1.29 is 28.7 Å². The summed E-state index contributed by atoms with van der Waals surface area (Å²) in [5.41, 5.74) is 0.292. The van der Waals surface area contributed by atoms with Crippen molar-refractivity contribution in [2.24, 2.45) is 0 Å². The van der Waals surface area contributed by atoms with E-state index in [9.17, 15) is 19.2 Å². The highest BCUT2D eigenvalue weighted by molar-refractivity contribution is 6.03. The zero-order valence-electron chi connectivity index (χ0n) is 20.3. The van der Waals surface area contributed by atoms with E-state index in [1.807, 2.05) is 30.3 Å². The Hall–Kier alpha value is -2.94. The monoisotopic (exact) mass is 461 g/mol. The SMILES string of the molecule is CCOC(=O)C(CCc1ccccc1)NC(C)C(=O)N1C(=O)N(C)C[C@H]1C(=O)OC(C)(C)C. The Labute approximate surface area is 195 Å². The lowest BCUT2D eigenvalue weighted by Crippen LogP contribution is -2.55. The van der Waals surface area contributed by atoms with Crippen molar-refractivity contribution in [1.82, 2.24) is 15.1 Å². The van der Waals surface area contributed by atoms with Crippen LogP contribution < -0.4 is 5.32 Å². The average Bonchev–Trinajstić information content (AvgIpc) is 3.04. The third-order valence-corrected chi connectivity index (χ3v) is 5.16. The smallest absolute Gasteiger partial charge is 0.331 e. The summed E-state index contributed by atoms with van der Waals surface area (Å²) in [7, 11) is 1.52. The molecule has 3 atom stereocenters. The minimum Gasteiger partial charge on any atom is -0.465 e. The molecule has 2 unspecified atom stereocenters. The van der Waals surface area contributed by atoms with Crippen LogP contribution in [-0.4, -0.2) is 77.6 Å². The number of nitrogens with zero attached hydrogens (tertiary/aromatic N) is 2. The first-order valence-electron chi connectivity index (χ1n) is 11.2. The van der Waals surface area contributed by atoms with Crippen LogP contribution in [0, 0.1) is 0 Å². The van der Waals surface area contributed by atoms with Gasteiger partial charge in [0, 0.05) is 7.05 Å². The van der Waals surface area contributed by atoms with E-state index in [-0.39, 0.29) is 13.2 Å². The molecule has 1 N–H and O–H groups in total. The van der Waals surface area contributed by atoms with Crippen LogP contribution in [0.4, 0.5) is 4.79 Å². The Morgan fingerprint density at radius 3 is 2.39 bits per heavy atom. The molecule has 2 rings (SSSR count). The van der Waals surface area contributed by atoms with Crippen LogP contribution in [0.5, 0.6) is 0 Å². The third kappa shape index (κ3) is 7.28. The maximum atomic E-state index is 13.2. The number of benzene rings is 1. The van der Waals surface area contributed by atoms with Gasteiger partial charge in [-0.05, 0) is 53.0 Å². The second-order valence-electron chi connectivity index (χ2n) is 9.14. The highest BCUT2D eigenvalue weighted by Crippen LogP contribution is 2.20. The number of nitrogens with one attached hydrogen (secondary N) is 1. The van der Waals surface area contributed by atoms with Gasteiger partial charge in [0.05, 0.1) is 19.2 Å². The third-order valence-electron chi connectivity index (χ3n) is 5.16. The summed E-state index contributed by atoms with van der Waals surface area (Å²) in [6, 6.07) is 6.37. The number of urea groups is 1. The number of aryl methyl sites for hydroxylation is 1.